The second kappa shape index (κ2) is 3.39. The molecule has 0 bridgehead atoms. The minimum Gasteiger partial charge on any atom is -0.423 e. The normalized spacial score (nSPS) is 17.9. The van der Waals surface area contributed by atoms with E-state index in [1.807, 2.05) is 12.1 Å². The first-order chi connectivity index (χ1) is 6.68. The van der Waals surface area contributed by atoms with Crippen LogP contribution in [0.4, 0.5) is 0 Å². The first kappa shape index (κ1) is 9.71. The third-order valence-corrected chi connectivity index (χ3v) is 3.07. The summed E-state index contributed by atoms with van der Waals surface area (Å²) in [4.78, 5) is 0. The van der Waals surface area contributed by atoms with E-state index in [1.165, 1.54) is 5.56 Å². The topological polar surface area (TPSA) is 66.5 Å². The maximum atomic E-state index is 8.92. The van der Waals surface area contributed by atoms with Crippen LogP contribution >= 0.6 is 0 Å². The van der Waals surface area contributed by atoms with Crippen molar-refractivity contribution in [3.8, 4) is 0 Å². The van der Waals surface area contributed by atoms with Gasteiger partial charge in [-0.3, -0.25) is 0 Å². The van der Waals surface area contributed by atoms with Gasteiger partial charge in [0.15, 0.2) is 0 Å². The lowest BCUT2D eigenvalue weighted by atomic mass is 9.79. The van der Waals surface area contributed by atoms with Crippen molar-refractivity contribution in [3.63, 3.8) is 0 Å². The quantitative estimate of drug-likeness (QED) is 0.556. The Labute approximate surface area is 83.7 Å². The zero-order valence-electron chi connectivity index (χ0n) is 7.98. The number of benzene rings is 1. The molecular weight excluding hydrogens is 177 g/mol. The van der Waals surface area contributed by atoms with E-state index in [9.17, 15) is 0 Å². The fourth-order valence-corrected chi connectivity index (χ4v) is 1.77. The van der Waals surface area contributed by atoms with E-state index in [0.717, 1.165) is 12.8 Å². The molecule has 0 heterocycles. The summed E-state index contributed by atoms with van der Waals surface area (Å²) < 4.78 is 0. The molecule has 4 N–H and O–H groups in total. The monoisotopic (exact) mass is 191 g/mol. The fraction of sp³-hybridized carbons (Fsp3) is 0.400. The highest BCUT2D eigenvalue weighted by Gasteiger charge is 2.42. The highest BCUT2D eigenvalue weighted by Crippen LogP contribution is 2.46. The summed E-state index contributed by atoms with van der Waals surface area (Å²) in [6.45, 7) is 0.675. The van der Waals surface area contributed by atoms with Crippen LogP contribution in [0.15, 0.2) is 24.3 Å². The summed E-state index contributed by atoms with van der Waals surface area (Å²) in [5.41, 5.74) is 7.62. The Hall–Kier alpha value is -0.835. The van der Waals surface area contributed by atoms with Crippen LogP contribution < -0.4 is 11.2 Å². The van der Waals surface area contributed by atoms with Gasteiger partial charge in [0.25, 0.3) is 0 Å². The van der Waals surface area contributed by atoms with Gasteiger partial charge in [0, 0.05) is 12.0 Å². The smallest absolute Gasteiger partial charge is 0.423 e. The number of nitrogens with two attached hydrogens (primary N) is 1. The fourth-order valence-electron chi connectivity index (χ4n) is 1.77. The van der Waals surface area contributed by atoms with E-state index in [2.05, 4.69) is 0 Å². The molecule has 0 radical (unpaired) electrons. The molecule has 1 saturated carbocycles. The van der Waals surface area contributed by atoms with E-state index < -0.39 is 7.12 Å². The molecule has 1 aliphatic rings. The van der Waals surface area contributed by atoms with E-state index in [-0.39, 0.29) is 5.41 Å². The van der Waals surface area contributed by atoms with Gasteiger partial charge in [-0.05, 0) is 23.9 Å². The molecule has 4 heteroatoms. The Morgan fingerprint density at radius 1 is 1.21 bits per heavy atom. The van der Waals surface area contributed by atoms with Crippen molar-refractivity contribution in [1.82, 2.24) is 0 Å². The Kier molecular flexibility index (Phi) is 2.35. The van der Waals surface area contributed by atoms with Gasteiger partial charge in [0.1, 0.15) is 0 Å². The maximum Gasteiger partial charge on any atom is 0.488 e. The van der Waals surface area contributed by atoms with Crippen molar-refractivity contribution < 1.29 is 10.0 Å². The van der Waals surface area contributed by atoms with Gasteiger partial charge in [0.05, 0.1) is 0 Å². The predicted molar refractivity (Wildman–Crippen MR) is 56.2 cm³/mol. The minimum absolute atomic E-state index is 0.180. The SMILES string of the molecule is NCC1(c2ccc(B(O)O)cc2)CC1. The van der Waals surface area contributed by atoms with Crippen molar-refractivity contribution >= 4 is 12.6 Å². The van der Waals surface area contributed by atoms with E-state index in [0.29, 0.717) is 12.0 Å². The average Bonchev–Trinajstić information content (AvgIpc) is 2.99. The molecule has 0 saturated heterocycles. The molecule has 1 aromatic rings. The molecule has 14 heavy (non-hydrogen) atoms. The molecule has 0 spiro atoms. The van der Waals surface area contributed by atoms with Crippen LogP contribution in [0.3, 0.4) is 0 Å². The van der Waals surface area contributed by atoms with Gasteiger partial charge in [-0.25, -0.2) is 0 Å². The van der Waals surface area contributed by atoms with Crippen LogP contribution in [0.2, 0.25) is 0 Å². The van der Waals surface area contributed by atoms with Gasteiger partial charge in [0.2, 0.25) is 0 Å². The third-order valence-electron chi connectivity index (χ3n) is 3.07. The Morgan fingerprint density at radius 3 is 2.14 bits per heavy atom. The molecule has 1 aliphatic carbocycles. The second-order valence-corrected chi connectivity index (χ2v) is 3.98. The average molecular weight is 191 g/mol. The van der Waals surface area contributed by atoms with E-state index >= 15 is 0 Å². The Morgan fingerprint density at radius 2 is 1.79 bits per heavy atom. The summed E-state index contributed by atoms with van der Waals surface area (Å²) in [5, 5.41) is 17.8. The van der Waals surface area contributed by atoms with Gasteiger partial charge >= 0.3 is 7.12 Å². The Bertz CT molecular complexity index is 319. The highest BCUT2D eigenvalue weighted by molar-refractivity contribution is 6.58. The van der Waals surface area contributed by atoms with Crippen LogP contribution in [-0.4, -0.2) is 23.7 Å². The first-order valence-electron chi connectivity index (χ1n) is 4.85. The van der Waals surface area contributed by atoms with Crippen LogP contribution in [0.5, 0.6) is 0 Å². The number of hydrogen-bond donors (Lipinski definition) is 3. The van der Waals surface area contributed by atoms with Gasteiger partial charge in [-0.15, -0.1) is 0 Å². The molecule has 74 valence electrons. The van der Waals surface area contributed by atoms with Crippen LogP contribution in [-0.2, 0) is 5.41 Å². The second-order valence-electron chi connectivity index (χ2n) is 3.98. The van der Waals surface area contributed by atoms with E-state index in [4.69, 9.17) is 15.8 Å². The maximum absolute atomic E-state index is 8.92. The lowest BCUT2D eigenvalue weighted by Gasteiger charge is -2.12. The largest absolute Gasteiger partial charge is 0.488 e. The Balaban J connectivity index is 2.22. The molecule has 2 rings (SSSR count). The van der Waals surface area contributed by atoms with Gasteiger partial charge < -0.3 is 15.8 Å². The molecular formula is C10H14BNO2. The summed E-state index contributed by atoms with van der Waals surface area (Å²) in [7, 11) is -1.38. The van der Waals surface area contributed by atoms with Gasteiger partial charge in [-0.2, -0.15) is 0 Å². The first-order valence-corrected chi connectivity index (χ1v) is 4.85. The number of hydrogen-bond acceptors (Lipinski definition) is 3. The molecule has 0 aliphatic heterocycles. The minimum atomic E-state index is -1.38. The predicted octanol–water partition coefficient (Wildman–Crippen LogP) is -0.643. The third kappa shape index (κ3) is 1.56. The number of rotatable bonds is 3. The zero-order chi connectivity index (χ0) is 10.2. The van der Waals surface area contributed by atoms with Crippen LogP contribution in [0.25, 0.3) is 0 Å². The van der Waals surface area contributed by atoms with Crippen molar-refractivity contribution in [1.29, 1.82) is 0 Å². The molecule has 0 aromatic heterocycles. The van der Waals surface area contributed by atoms with Gasteiger partial charge in [-0.1, -0.05) is 24.3 Å². The van der Waals surface area contributed by atoms with Crippen molar-refractivity contribution in [2.75, 3.05) is 6.54 Å². The highest BCUT2D eigenvalue weighted by atomic mass is 16.4. The molecule has 1 aromatic carbocycles. The van der Waals surface area contributed by atoms with Crippen LogP contribution in [0.1, 0.15) is 18.4 Å². The summed E-state index contributed by atoms with van der Waals surface area (Å²) in [6.07, 6.45) is 2.29. The van der Waals surface area contributed by atoms with E-state index in [1.54, 1.807) is 12.1 Å². The van der Waals surface area contributed by atoms with Crippen molar-refractivity contribution in [3.05, 3.63) is 29.8 Å². The van der Waals surface area contributed by atoms with Crippen molar-refractivity contribution in [2.45, 2.75) is 18.3 Å². The molecule has 0 amide bonds. The lowest BCUT2D eigenvalue weighted by molar-refractivity contribution is 0.426. The summed E-state index contributed by atoms with van der Waals surface area (Å²) in [6, 6.07) is 7.37. The lowest BCUT2D eigenvalue weighted by Crippen LogP contribution is -2.30. The summed E-state index contributed by atoms with van der Waals surface area (Å²) in [5.74, 6) is 0. The molecule has 0 atom stereocenters. The summed E-state index contributed by atoms with van der Waals surface area (Å²) >= 11 is 0. The van der Waals surface area contributed by atoms with Crippen molar-refractivity contribution in [2.24, 2.45) is 5.73 Å². The standard InChI is InChI=1S/C10H14BNO2/c12-7-10(5-6-10)8-1-3-9(4-2-8)11(13)14/h1-4,13-14H,5-7,12H2. The molecule has 1 fully saturated rings. The zero-order valence-corrected chi connectivity index (χ0v) is 7.98. The molecule has 0 unspecified atom stereocenters. The van der Waals surface area contributed by atoms with Crippen LogP contribution in [0, 0.1) is 0 Å². The molecule has 3 nitrogen and oxygen atoms in total.